The number of aliphatic hydroxyl groups excluding tert-OH is 1. The number of aliphatic carboxylic acids is 1. The minimum atomic E-state index is -1.22. The molecule has 0 saturated heterocycles. The van der Waals surface area contributed by atoms with Gasteiger partial charge in [-0.05, 0) is 48.8 Å². The van der Waals surface area contributed by atoms with Crippen molar-refractivity contribution in [2.75, 3.05) is 26.3 Å². The Morgan fingerprint density at radius 3 is 2.39 bits per heavy atom. The number of carbonyl (C=O) groups is 2. The van der Waals surface area contributed by atoms with Crippen LogP contribution >= 0.6 is 23.2 Å². The first-order chi connectivity index (χ1) is 23.6. The predicted molar refractivity (Wildman–Crippen MR) is 189 cm³/mol. The number of nitrogens with zero attached hydrogens (tertiary/aromatic N) is 2. The Balaban J connectivity index is 1.56. The molecule has 0 aliphatic heterocycles. The molecule has 11 nitrogen and oxygen atoms in total. The summed E-state index contributed by atoms with van der Waals surface area (Å²) in [6.45, 7) is 4.69. The van der Waals surface area contributed by atoms with E-state index < -0.39 is 18.6 Å². The van der Waals surface area contributed by atoms with Crippen molar-refractivity contribution in [1.82, 2.24) is 10.2 Å². The van der Waals surface area contributed by atoms with Crippen LogP contribution in [-0.4, -0.2) is 76.0 Å². The molecule has 258 valence electrons. The molecule has 1 amide bonds. The van der Waals surface area contributed by atoms with Gasteiger partial charge >= 0.3 is 5.97 Å². The number of hydrogen-bond donors (Lipinski definition) is 5. The molecule has 49 heavy (non-hydrogen) atoms. The second kappa shape index (κ2) is 17.6. The predicted octanol–water partition coefficient (Wildman–Crippen LogP) is 5.91. The summed E-state index contributed by atoms with van der Waals surface area (Å²) in [5.41, 5.74) is 4.47. The zero-order valence-corrected chi connectivity index (χ0v) is 28.6. The second-order valence-corrected chi connectivity index (χ2v) is 11.9. The van der Waals surface area contributed by atoms with Crippen LogP contribution in [0.1, 0.15) is 30.5 Å². The van der Waals surface area contributed by atoms with Crippen LogP contribution in [-0.2, 0) is 29.2 Å². The lowest BCUT2D eigenvalue weighted by molar-refractivity contribution is -0.140. The number of ether oxygens (including phenoxy) is 2. The Labute approximate surface area is 294 Å². The molecular formula is C36H38Cl2N4O7. The molecule has 0 saturated carbocycles. The average molecular weight is 710 g/mol. The largest absolute Gasteiger partial charge is 0.488 e. The maximum Gasteiger partial charge on any atom is 0.323 e. The van der Waals surface area contributed by atoms with Crippen LogP contribution in [0.3, 0.4) is 0 Å². The van der Waals surface area contributed by atoms with Crippen LogP contribution in [0.15, 0.2) is 83.6 Å². The van der Waals surface area contributed by atoms with Crippen molar-refractivity contribution in [1.29, 1.82) is 5.41 Å². The Bertz CT molecular complexity index is 1790. The number of amides is 1. The Hall–Kier alpha value is -4.68. The average Bonchev–Trinajstić information content (AvgIpc) is 3.08. The third-order valence-electron chi connectivity index (χ3n) is 7.87. The summed E-state index contributed by atoms with van der Waals surface area (Å²) in [6, 6.07) is 15.3. The fourth-order valence-corrected chi connectivity index (χ4v) is 5.66. The number of aliphatic hydroxyl groups is 1. The van der Waals surface area contributed by atoms with Crippen molar-refractivity contribution in [3.05, 3.63) is 105 Å². The third kappa shape index (κ3) is 9.70. The fraction of sp³-hybridized carbons (Fsp3) is 0.278. The van der Waals surface area contributed by atoms with Crippen molar-refractivity contribution >= 4 is 46.5 Å². The summed E-state index contributed by atoms with van der Waals surface area (Å²) in [4.78, 5) is 25.9. The molecular weight excluding hydrogens is 671 g/mol. The van der Waals surface area contributed by atoms with E-state index in [0.717, 1.165) is 16.7 Å². The zero-order chi connectivity index (χ0) is 35.5. The number of nitrogens with one attached hydrogen (secondary N) is 2. The molecule has 3 aromatic carbocycles. The minimum absolute atomic E-state index is 0.00629. The van der Waals surface area contributed by atoms with Gasteiger partial charge in [-0.2, -0.15) is 0 Å². The van der Waals surface area contributed by atoms with Gasteiger partial charge in [0.1, 0.15) is 36.5 Å². The number of likely N-dealkylation sites (N-methyl/N-ethyl adjacent to an activating group) is 1. The highest BCUT2D eigenvalue weighted by atomic mass is 35.5. The Morgan fingerprint density at radius 2 is 1.71 bits per heavy atom. The molecule has 1 unspecified atom stereocenters. The van der Waals surface area contributed by atoms with Crippen LogP contribution in [0.4, 0.5) is 0 Å². The van der Waals surface area contributed by atoms with Gasteiger partial charge in [-0.3, -0.25) is 20.3 Å². The lowest BCUT2D eigenvalue weighted by Gasteiger charge is -2.19. The maximum absolute atomic E-state index is 12.7. The summed E-state index contributed by atoms with van der Waals surface area (Å²) >= 11 is 13.5. The number of oxime groups is 1. The molecule has 5 N–H and O–H groups in total. The molecule has 0 radical (unpaired) electrons. The molecule has 0 aromatic heterocycles. The minimum Gasteiger partial charge on any atom is -0.488 e. The maximum atomic E-state index is 12.7. The standard InChI is InChI=1S/C36H38Cl2N4O7/c1-3-42(4-2)34(44)15-22-7-5-8-24(13-22)27-10-6-9-25(35(27)38)21-49-33-17-32(48-20-23-11-12-30(41-47)29(39)14-23)26(16-28(33)37)18-40-31(19-43)36(45)46/h5-14,16-17,31,39-40,43,47H,3-4,15,18-21H2,1-2H3,(H,45,46)/b39-29?,41-30-. The Morgan fingerprint density at radius 1 is 0.980 bits per heavy atom. The van der Waals surface area contributed by atoms with E-state index in [1.165, 1.54) is 12.2 Å². The molecule has 0 spiro atoms. The molecule has 1 aliphatic rings. The molecule has 4 rings (SSSR count). The van der Waals surface area contributed by atoms with Crippen LogP contribution in [0.2, 0.25) is 10.0 Å². The van der Waals surface area contributed by atoms with Crippen molar-refractivity contribution < 1.29 is 34.5 Å². The first-order valence-corrected chi connectivity index (χ1v) is 16.3. The third-order valence-corrected chi connectivity index (χ3v) is 8.61. The van der Waals surface area contributed by atoms with Gasteiger partial charge in [-0.25, -0.2) is 0 Å². The summed E-state index contributed by atoms with van der Waals surface area (Å²) in [5.74, 6) is -0.546. The van der Waals surface area contributed by atoms with Crippen LogP contribution in [0, 0.1) is 5.41 Å². The van der Waals surface area contributed by atoms with Crippen LogP contribution in [0.25, 0.3) is 11.1 Å². The van der Waals surface area contributed by atoms with E-state index >= 15 is 0 Å². The lowest BCUT2D eigenvalue weighted by atomic mass is 9.99. The quantitative estimate of drug-likeness (QED) is 0.0696. The summed E-state index contributed by atoms with van der Waals surface area (Å²) in [5, 5.41) is 42.4. The fourth-order valence-electron chi connectivity index (χ4n) is 5.12. The van der Waals surface area contributed by atoms with E-state index in [4.69, 9.17) is 43.3 Å². The number of carboxylic acid groups (broad SMARTS) is 1. The molecule has 3 aromatic rings. The number of allylic oxidation sites excluding steroid dienone is 2. The summed E-state index contributed by atoms with van der Waals surface area (Å²) in [7, 11) is 0. The zero-order valence-electron chi connectivity index (χ0n) is 27.1. The van der Waals surface area contributed by atoms with Gasteiger partial charge in [0.15, 0.2) is 0 Å². The SMILES string of the molecule is CCN(CC)C(=O)Cc1cccc(-c2cccc(COc3cc(OCC4=CC(=N)/C(=N\O)C=C4)c(CNC(CO)C(=O)O)cc3Cl)c2Cl)c1. The van der Waals surface area contributed by atoms with Gasteiger partial charge in [-0.15, -0.1) is 0 Å². The van der Waals surface area contributed by atoms with Crippen LogP contribution in [0.5, 0.6) is 11.5 Å². The summed E-state index contributed by atoms with van der Waals surface area (Å²) < 4.78 is 12.2. The molecule has 1 aliphatic carbocycles. The monoisotopic (exact) mass is 708 g/mol. The second-order valence-electron chi connectivity index (χ2n) is 11.1. The van der Waals surface area contributed by atoms with Crippen molar-refractivity contribution in [3.8, 4) is 22.6 Å². The van der Waals surface area contributed by atoms with E-state index in [9.17, 15) is 19.8 Å². The van der Waals surface area contributed by atoms with Gasteiger partial charge in [0.05, 0.1) is 28.8 Å². The van der Waals surface area contributed by atoms with Gasteiger partial charge in [0, 0.05) is 42.4 Å². The Kier molecular flexibility index (Phi) is 13.4. The van der Waals surface area contributed by atoms with E-state index in [0.29, 0.717) is 40.6 Å². The number of carbonyl (C=O) groups excluding carboxylic acids is 1. The number of benzene rings is 3. The lowest BCUT2D eigenvalue weighted by Crippen LogP contribution is -2.39. The molecule has 1 atom stereocenters. The highest BCUT2D eigenvalue weighted by Crippen LogP contribution is 2.36. The highest BCUT2D eigenvalue weighted by molar-refractivity contribution is 6.50. The topological polar surface area (TPSA) is 165 Å². The first kappa shape index (κ1) is 37.1. The number of halogens is 2. The molecule has 0 fully saturated rings. The van der Waals surface area contributed by atoms with Crippen LogP contribution < -0.4 is 14.8 Å². The van der Waals surface area contributed by atoms with Crippen molar-refractivity contribution in [3.63, 3.8) is 0 Å². The normalized spacial score (nSPS) is 14.0. The van der Waals surface area contributed by atoms with E-state index in [2.05, 4.69) is 10.5 Å². The van der Waals surface area contributed by atoms with Crippen molar-refractivity contribution in [2.45, 2.75) is 39.5 Å². The first-order valence-electron chi connectivity index (χ1n) is 15.6. The molecule has 0 heterocycles. The van der Waals surface area contributed by atoms with E-state index in [1.807, 2.05) is 56.3 Å². The smallest absolute Gasteiger partial charge is 0.323 e. The van der Waals surface area contributed by atoms with Gasteiger partial charge < -0.3 is 29.8 Å². The molecule has 0 bridgehead atoms. The number of hydrogen-bond acceptors (Lipinski definition) is 9. The van der Waals surface area contributed by atoms with Gasteiger partial charge in [0.2, 0.25) is 5.91 Å². The van der Waals surface area contributed by atoms with Gasteiger partial charge in [-0.1, -0.05) is 76.9 Å². The molecule has 13 heteroatoms. The highest BCUT2D eigenvalue weighted by Gasteiger charge is 2.19. The van der Waals surface area contributed by atoms with E-state index in [-0.39, 0.29) is 54.3 Å². The summed E-state index contributed by atoms with van der Waals surface area (Å²) in [6.07, 6.45) is 4.92. The number of rotatable bonds is 16. The number of carboxylic acids is 1. The van der Waals surface area contributed by atoms with Gasteiger partial charge in [0.25, 0.3) is 0 Å². The van der Waals surface area contributed by atoms with Crippen molar-refractivity contribution in [2.24, 2.45) is 5.16 Å². The van der Waals surface area contributed by atoms with E-state index in [1.54, 1.807) is 23.1 Å².